The van der Waals surface area contributed by atoms with Gasteiger partial charge in [0.15, 0.2) is 0 Å². The fraction of sp³-hybridized carbons (Fsp3) is 0.176. The Hall–Kier alpha value is -2.47. The van der Waals surface area contributed by atoms with Crippen molar-refractivity contribution in [1.82, 2.24) is 0 Å². The maximum Gasteiger partial charge on any atom is 0.229 e. The van der Waals surface area contributed by atoms with E-state index in [0.29, 0.717) is 11.4 Å². The molecule has 1 heterocycles. The van der Waals surface area contributed by atoms with Crippen LogP contribution < -0.4 is 10.2 Å². The summed E-state index contributed by atoms with van der Waals surface area (Å²) in [5.74, 6) is -2.09. The number of benzene rings is 2. The van der Waals surface area contributed by atoms with E-state index in [-0.39, 0.29) is 29.8 Å². The van der Waals surface area contributed by atoms with Crippen LogP contribution in [-0.2, 0) is 9.59 Å². The molecule has 7 heteroatoms. The zero-order valence-corrected chi connectivity index (χ0v) is 13.2. The normalized spacial score (nSPS) is 17.2. The summed E-state index contributed by atoms with van der Waals surface area (Å²) < 4.78 is 26.1. The molecule has 124 valence electrons. The molecule has 0 aliphatic carbocycles. The van der Waals surface area contributed by atoms with E-state index >= 15 is 0 Å². The summed E-state index contributed by atoms with van der Waals surface area (Å²) >= 11 is 5.74. The van der Waals surface area contributed by atoms with Gasteiger partial charge in [-0.1, -0.05) is 11.6 Å². The third kappa shape index (κ3) is 3.38. The summed E-state index contributed by atoms with van der Waals surface area (Å²) in [6.07, 6.45) is 0.0437. The third-order valence-corrected chi connectivity index (χ3v) is 4.11. The Kier molecular flexibility index (Phi) is 4.49. The summed E-state index contributed by atoms with van der Waals surface area (Å²) in [5, 5.41) is 2.57. The number of halogens is 3. The number of carbonyl (C=O) groups is 2. The molecule has 1 fully saturated rings. The van der Waals surface area contributed by atoms with Crippen LogP contribution in [0.2, 0.25) is 5.02 Å². The highest BCUT2D eigenvalue weighted by Gasteiger charge is 2.35. The summed E-state index contributed by atoms with van der Waals surface area (Å²) in [6.45, 7) is 0.174. The Morgan fingerprint density at radius 2 is 1.88 bits per heavy atom. The second kappa shape index (κ2) is 6.57. The Morgan fingerprint density at radius 1 is 1.17 bits per heavy atom. The maximum absolute atomic E-state index is 13.2. The Labute approximate surface area is 142 Å². The molecule has 0 radical (unpaired) electrons. The van der Waals surface area contributed by atoms with Gasteiger partial charge < -0.3 is 10.2 Å². The second-order valence-electron chi connectivity index (χ2n) is 5.50. The molecule has 1 N–H and O–H groups in total. The standard InChI is InChI=1S/C17H13ClF2N2O2/c18-14-8-13(5-6-15(14)20)22-9-10(7-16(22)23)17(24)21-12-3-1-11(19)2-4-12/h1-6,8,10H,7,9H2,(H,21,24). The minimum atomic E-state index is -0.572. The summed E-state index contributed by atoms with van der Waals surface area (Å²) in [6, 6.07) is 9.35. The van der Waals surface area contributed by atoms with E-state index in [1.807, 2.05) is 0 Å². The number of hydrogen-bond donors (Lipinski definition) is 1. The van der Waals surface area contributed by atoms with E-state index in [1.54, 1.807) is 0 Å². The Balaban J connectivity index is 1.70. The smallest absolute Gasteiger partial charge is 0.229 e. The lowest BCUT2D eigenvalue weighted by Crippen LogP contribution is -2.28. The molecule has 0 saturated carbocycles. The van der Waals surface area contributed by atoms with Crippen molar-refractivity contribution in [2.24, 2.45) is 5.92 Å². The van der Waals surface area contributed by atoms with Crippen molar-refractivity contribution in [3.63, 3.8) is 0 Å². The average Bonchev–Trinajstić information content (AvgIpc) is 2.94. The van der Waals surface area contributed by atoms with Crippen LogP contribution >= 0.6 is 11.6 Å². The van der Waals surface area contributed by atoms with Crippen LogP contribution in [-0.4, -0.2) is 18.4 Å². The van der Waals surface area contributed by atoms with Crippen molar-refractivity contribution >= 4 is 34.8 Å². The molecule has 2 amide bonds. The van der Waals surface area contributed by atoms with E-state index in [1.165, 1.54) is 47.4 Å². The first-order valence-corrected chi connectivity index (χ1v) is 7.63. The lowest BCUT2D eigenvalue weighted by Gasteiger charge is -2.17. The fourth-order valence-electron chi connectivity index (χ4n) is 2.56. The molecular weight excluding hydrogens is 338 g/mol. The van der Waals surface area contributed by atoms with Gasteiger partial charge in [0, 0.05) is 24.3 Å². The van der Waals surface area contributed by atoms with Crippen LogP contribution in [0.4, 0.5) is 20.2 Å². The van der Waals surface area contributed by atoms with Crippen LogP contribution in [0.5, 0.6) is 0 Å². The molecule has 1 aliphatic heterocycles. The molecule has 1 saturated heterocycles. The Morgan fingerprint density at radius 3 is 2.54 bits per heavy atom. The van der Waals surface area contributed by atoms with Crippen molar-refractivity contribution in [2.45, 2.75) is 6.42 Å². The molecule has 0 aromatic heterocycles. The van der Waals surface area contributed by atoms with Gasteiger partial charge in [-0.15, -0.1) is 0 Å². The Bertz CT molecular complexity index is 796. The minimum Gasteiger partial charge on any atom is -0.326 e. The molecule has 2 aromatic carbocycles. The van der Waals surface area contributed by atoms with Crippen LogP contribution in [0, 0.1) is 17.6 Å². The molecular formula is C17H13ClF2N2O2. The molecule has 3 rings (SSSR count). The van der Waals surface area contributed by atoms with Gasteiger partial charge in [-0.25, -0.2) is 8.78 Å². The SMILES string of the molecule is O=C(Nc1ccc(F)cc1)C1CC(=O)N(c2ccc(F)c(Cl)c2)C1. The van der Waals surface area contributed by atoms with Gasteiger partial charge in [0.25, 0.3) is 0 Å². The van der Waals surface area contributed by atoms with Gasteiger partial charge in [-0.05, 0) is 42.5 Å². The van der Waals surface area contributed by atoms with E-state index in [9.17, 15) is 18.4 Å². The van der Waals surface area contributed by atoms with Gasteiger partial charge in [-0.2, -0.15) is 0 Å². The van der Waals surface area contributed by atoms with Crippen molar-refractivity contribution < 1.29 is 18.4 Å². The van der Waals surface area contributed by atoms with Crippen molar-refractivity contribution in [2.75, 3.05) is 16.8 Å². The molecule has 24 heavy (non-hydrogen) atoms. The highest BCUT2D eigenvalue weighted by molar-refractivity contribution is 6.31. The lowest BCUT2D eigenvalue weighted by atomic mass is 10.1. The van der Waals surface area contributed by atoms with E-state index in [4.69, 9.17) is 11.6 Å². The predicted octanol–water partition coefficient (Wildman–Crippen LogP) is 3.61. The highest BCUT2D eigenvalue weighted by atomic mass is 35.5. The summed E-state index contributed by atoms with van der Waals surface area (Å²) in [5.41, 5.74) is 0.903. The van der Waals surface area contributed by atoms with Gasteiger partial charge in [-0.3, -0.25) is 9.59 Å². The fourth-order valence-corrected chi connectivity index (χ4v) is 2.74. The van der Waals surface area contributed by atoms with Gasteiger partial charge in [0.05, 0.1) is 10.9 Å². The zero-order chi connectivity index (χ0) is 17.3. The van der Waals surface area contributed by atoms with Crippen LogP contribution in [0.15, 0.2) is 42.5 Å². The second-order valence-corrected chi connectivity index (χ2v) is 5.91. The van der Waals surface area contributed by atoms with Crippen LogP contribution in [0.1, 0.15) is 6.42 Å². The molecule has 1 unspecified atom stereocenters. The first kappa shape index (κ1) is 16.4. The van der Waals surface area contributed by atoms with E-state index < -0.39 is 17.6 Å². The van der Waals surface area contributed by atoms with Gasteiger partial charge in [0.1, 0.15) is 11.6 Å². The maximum atomic E-state index is 13.2. The van der Waals surface area contributed by atoms with Crippen LogP contribution in [0.3, 0.4) is 0 Å². The van der Waals surface area contributed by atoms with Crippen molar-refractivity contribution in [3.05, 3.63) is 59.1 Å². The van der Waals surface area contributed by atoms with Gasteiger partial charge in [0.2, 0.25) is 11.8 Å². The number of hydrogen-bond acceptors (Lipinski definition) is 2. The first-order chi connectivity index (χ1) is 11.4. The van der Waals surface area contributed by atoms with Crippen molar-refractivity contribution in [1.29, 1.82) is 0 Å². The zero-order valence-electron chi connectivity index (χ0n) is 12.4. The molecule has 4 nitrogen and oxygen atoms in total. The first-order valence-electron chi connectivity index (χ1n) is 7.26. The quantitative estimate of drug-likeness (QED) is 0.919. The average molecular weight is 351 g/mol. The molecule has 1 atom stereocenters. The molecule has 1 aliphatic rings. The van der Waals surface area contributed by atoms with Crippen LogP contribution in [0.25, 0.3) is 0 Å². The van der Waals surface area contributed by atoms with E-state index in [0.717, 1.165) is 0 Å². The van der Waals surface area contributed by atoms with Crippen molar-refractivity contribution in [3.8, 4) is 0 Å². The number of amides is 2. The number of rotatable bonds is 3. The number of carbonyl (C=O) groups excluding carboxylic acids is 2. The summed E-state index contributed by atoms with van der Waals surface area (Å²) in [4.78, 5) is 25.8. The number of nitrogens with zero attached hydrogens (tertiary/aromatic N) is 1. The summed E-state index contributed by atoms with van der Waals surface area (Å²) in [7, 11) is 0. The largest absolute Gasteiger partial charge is 0.326 e. The molecule has 2 aromatic rings. The number of anilines is 2. The topological polar surface area (TPSA) is 49.4 Å². The minimum absolute atomic E-state index is 0.0437. The number of nitrogens with one attached hydrogen (secondary N) is 1. The molecule has 0 bridgehead atoms. The van der Waals surface area contributed by atoms with Gasteiger partial charge >= 0.3 is 0 Å². The predicted molar refractivity (Wildman–Crippen MR) is 86.9 cm³/mol. The van der Waals surface area contributed by atoms with E-state index in [2.05, 4.69) is 5.32 Å². The monoisotopic (exact) mass is 350 g/mol. The highest BCUT2D eigenvalue weighted by Crippen LogP contribution is 2.29. The lowest BCUT2D eigenvalue weighted by molar-refractivity contribution is -0.122. The molecule has 0 spiro atoms. The third-order valence-electron chi connectivity index (χ3n) is 3.82.